The van der Waals surface area contributed by atoms with Gasteiger partial charge in [0.2, 0.25) is 0 Å². The number of hydrogen-bond acceptors (Lipinski definition) is 2. The predicted octanol–water partition coefficient (Wildman–Crippen LogP) is 11.0. The Hall–Kier alpha value is 0.142. The Labute approximate surface area is 261 Å². The summed E-state index contributed by atoms with van der Waals surface area (Å²) in [6, 6.07) is 18.1. The van der Waals surface area contributed by atoms with E-state index in [1.165, 1.54) is 22.0 Å². The molecule has 2 N–H and O–H groups in total. The van der Waals surface area contributed by atoms with Gasteiger partial charge in [-0.1, -0.05) is 123 Å². The Morgan fingerprint density at radius 1 is 0.513 bits per heavy atom. The molecule has 0 amide bonds. The number of halogens is 2. The molecular weight excluding hydrogens is 652 g/mol. The van der Waals surface area contributed by atoms with Gasteiger partial charge in [-0.3, -0.25) is 0 Å². The maximum atomic E-state index is 4.81. The summed E-state index contributed by atoms with van der Waals surface area (Å²) < 4.78 is 0. The van der Waals surface area contributed by atoms with E-state index in [0.29, 0.717) is 20.6 Å². The summed E-state index contributed by atoms with van der Waals surface area (Å²) in [5.74, 6) is 0. The van der Waals surface area contributed by atoms with Gasteiger partial charge in [0.15, 0.2) is 0 Å². The first kappa shape index (κ1) is 39.1. The second-order valence-electron chi connectivity index (χ2n) is 13.6. The van der Waals surface area contributed by atoms with E-state index in [2.05, 4.69) is 156 Å². The van der Waals surface area contributed by atoms with Crippen LogP contribution in [0.4, 0.5) is 11.4 Å². The molecule has 0 heterocycles. The van der Waals surface area contributed by atoms with Crippen LogP contribution in [-0.2, 0) is 15.9 Å². The zero-order valence-electron chi connectivity index (χ0n) is 27.0. The normalized spacial score (nSPS) is 12.5. The summed E-state index contributed by atoms with van der Waals surface area (Å²) in [5, 5.41) is 11.1. The molecule has 0 spiro atoms. The quantitative estimate of drug-likeness (QED) is 0.231. The molecule has 39 heavy (non-hydrogen) atoms. The van der Waals surface area contributed by atoms with Crippen LogP contribution in [-0.4, -0.2) is 33.7 Å². The van der Waals surface area contributed by atoms with Gasteiger partial charge in [-0.15, -0.1) is 0 Å². The van der Waals surface area contributed by atoms with Gasteiger partial charge in [-0.2, -0.15) is 0 Å². The van der Waals surface area contributed by atoms with Crippen LogP contribution in [0.2, 0.25) is 0 Å². The molecule has 0 aliphatic heterocycles. The van der Waals surface area contributed by atoms with Crippen molar-refractivity contribution < 1.29 is 15.9 Å². The minimum atomic E-state index is -0.187. The second kappa shape index (κ2) is 17.3. The van der Waals surface area contributed by atoms with Crippen LogP contribution in [0.15, 0.2) is 48.5 Å². The summed E-state index contributed by atoms with van der Waals surface area (Å²) in [6.45, 7) is 34.6. The van der Waals surface area contributed by atoms with Gasteiger partial charge < -0.3 is 10.6 Å². The molecule has 0 unspecified atom stereocenters. The molecule has 0 bridgehead atoms. The van der Waals surface area contributed by atoms with E-state index in [0.717, 1.165) is 13.1 Å². The van der Waals surface area contributed by atoms with Crippen LogP contribution in [0, 0.1) is 0 Å². The van der Waals surface area contributed by atoms with Crippen LogP contribution in [0.25, 0.3) is 0 Å². The molecule has 228 valence electrons. The van der Waals surface area contributed by atoms with Crippen molar-refractivity contribution >= 4 is 56.9 Å². The topological polar surface area (TPSA) is 24.1 Å². The molecule has 0 fully saturated rings. The Bertz CT molecular complexity index is 818. The van der Waals surface area contributed by atoms with Crippen molar-refractivity contribution in [3.05, 3.63) is 48.5 Å². The van der Waals surface area contributed by atoms with Gasteiger partial charge >= 0.3 is 35.0 Å². The summed E-state index contributed by atoms with van der Waals surface area (Å²) in [7, 11) is 9.25. The molecule has 7 heteroatoms. The van der Waals surface area contributed by atoms with Crippen LogP contribution in [0.5, 0.6) is 0 Å². The van der Waals surface area contributed by atoms with Crippen molar-refractivity contribution in [3.8, 4) is 0 Å². The van der Waals surface area contributed by atoms with Crippen LogP contribution in [0.3, 0.4) is 0 Å². The van der Waals surface area contributed by atoms with Gasteiger partial charge in [-0.25, -0.2) is 0 Å². The molecule has 0 saturated carbocycles. The SMILES string of the molecule is CCNc1ccc(P(C(C)(C)C)C(C)(C)C)cc1.CCNc1ccc(P(C(C)(C)C)C(C)(C)C)cc1.[Cl][Pd][Cl]. The molecular formula is C32H56Cl2N2P2Pd. The third kappa shape index (κ3) is 14.7. The zero-order valence-corrected chi connectivity index (χ0v) is 31.9. The first-order chi connectivity index (χ1) is 17.7. The molecule has 0 aliphatic rings. The van der Waals surface area contributed by atoms with Crippen molar-refractivity contribution in [2.24, 2.45) is 0 Å². The first-order valence-corrected chi connectivity index (χ1v) is 20.5. The van der Waals surface area contributed by atoms with Gasteiger partial charge in [0.25, 0.3) is 0 Å². The molecule has 2 nitrogen and oxygen atoms in total. The second-order valence-corrected chi connectivity index (χ2v) is 23.7. The van der Waals surface area contributed by atoms with Gasteiger partial charge in [0, 0.05) is 24.5 Å². The fraction of sp³-hybridized carbons (Fsp3) is 0.625. The van der Waals surface area contributed by atoms with Crippen LogP contribution >= 0.6 is 34.9 Å². The van der Waals surface area contributed by atoms with E-state index in [4.69, 9.17) is 19.1 Å². The number of rotatable bonds is 6. The standard InChI is InChI=1S/2C16H28NP.2ClH.Pd/c2*1-8-17-13-9-11-14(12-10-13)18(15(2,3)4)16(5,6)7;;;/h2*9-12,17H,8H2,1-7H3;2*1H;/q;;;;+2/p-2. The van der Waals surface area contributed by atoms with Crippen molar-refractivity contribution in [1.29, 1.82) is 0 Å². The molecule has 0 aliphatic carbocycles. The van der Waals surface area contributed by atoms with Crippen molar-refractivity contribution in [3.63, 3.8) is 0 Å². The molecule has 0 atom stereocenters. The average Bonchev–Trinajstić information content (AvgIpc) is 2.74. The van der Waals surface area contributed by atoms with Gasteiger partial charge in [0.1, 0.15) is 0 Å². The Morgan fingerprint density at radius 2 is 0.718 bits per heavy atom. The van der Waals surface area contributed by atoms with Crippen LogP contribution < -0.4 is 21.2 Å². The molecule has 0 saturated heterocycles. The Kier molecular flexibility index (Phi) is 17.4. The zero-order chi connectivity index (χ0) is 30.7. The Morgan fingerprint density at radius 3 is 0.872 bits per heavy atom. The van der Waals surface area contributed by atoms with Gasteiger partial charge in [-0.05, 0) is 69.3 Å². The maximum absolute atomic E-state index is 4.81. The summed E-state index contributed by atoms with van der Waals surface area (Å²) in [5.41, 5.74) is 2.44. The average molecular weight is 708 g/mol. The fourth-order valence-electron chi connectivity index (χ4n) is 5.43. The summed E-state index contributed by atoms with van der Waals surface area (Å²) >= 11 is -0.106. The first-order valence-electron chi connectivity index (χ1n) is 13.8. The van der Waals surface area contributed by atoms with E-state index < -0.39 is 0 Å². The van der Waals surface area contributed by atoms with Crippen LogP contribution in [0.1, 0.15) is 96.9 Å². The van der Waals surface area contributed by atoms with Crippen molar-refractivity contribution in [2.75, 3.05) is 23.7 Å². The van der Waals surface area contributed by atoms with E-state index in [1.54, 1.807) is 0 Å². The van der Waals surface area contributed by atoms with Crippen molar-refractivity contribution in [1.82, 2.24) is 0 Å². The fourth-order valence-corrected chi connectivity index (χ4v) is 13.4. The summed E-state index contributed by atoms with van der Waals surface area (Å²) in [6.07, 6.45) is 0. The van der Waals surface area contributed by atoms with E-state index in [9.17, 15) is 0 Å². The Balaban J connectivity index is 0.000000673. The van der Waals surface area contributed by atoms with Crippen molar-refractivity contribution in [2.45, 2.75) is 118 Å². The number of benzene rings is 2. The third-order valence-electron chi connectivity index (χ3n) is 5.70. The third-order valence-corrected chi connectivity index (χ3v) is 12.7. The summed E-state index contributed by atoms with van der Waals surface area (Å²) in [4.78, 5) is 0. The van der Waals surface area contributed by atoms with E-state index in [-0.39, 0.29) is 31.8 Å². The predicted molar refractivity (Wildman–Crippen MR) is 185 cm³/mol. The number of nitrogens with one attached hydrogen (secondary N) is 2. The van der Waals surface area contributed by atoms with E-state index in [1.807, 2.05) is 0 Å². The number of anilines is 2. The molecule has 0 radical (unpaired) electrons. The van der Waals surface area contributed by atoms with Gasteiger partial charge in [0.05, 0.1) is 0 Å². The molecule has 2 rings (SSSR count). The molecule has 2 aromatic carbocycles. The van der Waals surface area contributed by atoms with E-state index >= 15 is 0 Å². The molecule has 0 aromatic heterocycles. The number of hydrogen-bond donors (Lipinski definition) is 2. The monoisotopic (exact) mass is 706 g/mol. The molecule has 2 aromatic rings. The minimum absolute atomic E-state index is 0.106.